The van der Waals surface area contributed by atoms with Gasteiger partial charge < -0.3 is 16.0 Å². The van der Waals surface area contributed by atoms with Gasteiger partial charge in [0.2, 0.25) is 11.8 Å². The molecule has 9 heteroatoms. The van der Waals surface area contributed by atoms with Crippen molar-refractivity contribution in [2.24, 2.45) is 11.7 Å². The van der Waals surface area contributed by atoms with Gasteiger partial charge in [0.15, 0.2) is 0 Å². The van der Waals surface area contributed by atoms with Crippen molar-refractivity contribution < 1.29 is 9.59 Å². The fourth-order valence-corrected chi connectivity index (χ4v) is 6.31. The third-order valence-corrected chi connectivity index (χ3v) is 7.92. The standard InChI is InChI=1S/C29H38Cl2N4O2.ClH/c1-19(2)12-26(28(36)33-17-21-13-22(30)15-23(31)14-21)34-11-10-25(9-8-20-6-4-3-5-7-20)35-18-24(32)16-27(35)29(34)37;/h3-7,13-15,19,24-27H,8-12,16-18,32H2,1-2H3,(H,33,36);1H/t24-,25?,26-,27+;/m1./s1. The number of nitrogens with one attached hydrogen (secondary N) is 1. The summed E-state index contributed by atoms with van der Waals surface area (Å²) in [7, 11) is 0. The molecule has 4 rings (SSSR count). The summed E-state index contributed by atoms with van der Waals surface area (Å²) in [5.74, 6) is 0.139. The van der Waals surface area contributed by atoms with Crippen LogP contribution in [-0.2, 0) is 22.6 Å². The van der Waals surface area contributed by atoms with Crippen LogP contribution in [0.2, 0.25) is 10.0 Å². The number of carbonyl (C=O) groups is 2. The first-order valence-electron chi connectivity index (χ1n) is 13.3. The van der Waals surface area contributed by atoms with E-state index in [2.05, 4.69) is 48.3 Å². The molecule has 2 amide bonds. The summed E-state index contributed by atoms with van der Waals surface area (Å²) in [6.07, 6.45) is 3.98. The van der Waals surface area contributed by atoms with Crippen molar-refractivity contribution in [2.45, 2.75) is 76.7 Å². The predicted octanol–water partition coefficient (Wildman–Crippen LogP) is 5.08. The van der Waals surface area contributed by atoms with Gasteiger partial charge in [0.1, 0.15) is 6.04 Å². The number of aryl methyl sites for hydroxylation is 1. The lowest BCUT2D eigenvalue weighted by atomic mass is 9.99. The molecule has 6 nitrogen and oxygen atoms in total. The fourth-order valence-electron chi connectivity index (χ4n) is 5.74. The minimum Gasteiger partial charge on any atom is -0.350 e. The van der Waals surface area contributed by atoms with E-state index in [0.717, 1.165) is 31.4 Å². The molecule has 0 aromatic heterocycles. The van der Waals surface area contributed by atoms with Crippen molar-refractivity contribution in [1.29, 1.82) is 0 Å². The van der Waals surface area contributed by atoms with E-state index in [1.165, 1.54) is 5.56 Å². The van der Waals surface area contributed by atoms with Crippen molar-refractivity contribution in [3.05, 3.63) is 69.7 Å². The number of nitrogens with zero attached hydrogens (tertiary/aromatic N) is 2. The highest BCUT2D eigenvalue weighted by Crippen LogP contribution is 2.30. The van der Waals surface area contributed by atoms with Gasteiger partial charge in [-0.2, -0.15) is 0 Å². The summed E-state index contributed by atoms with van der Waals surface area (Å²) in [6.45, 7) is 5.75. The first-order chi connectivity index (χ1) is 17.7. The highest BCUT2D eigenvalue weighted by molar-refractivity contribution is 6.34. The lowest BCUT2D eigenvalue weighted by Gasteiger charge is -2.33. The average Bonchev–Trinajstić information content (AvgIpc) is 3.19. The molecule has 2 aliphatic heterocycles. The van der Waals surface area contributed by atoms with E-state index in [9.17, 15) is 9.59 Å². The Morgan fingerprint density at radius 3 is 2.45 bits per heavy atom. The summed E-state index contributed by atoms with van der Waals surface area (Å²) in [6, 6.07) is 15.1. The van der Waals surface area contributed by atoms with Crippen molar-refractivity contribution in [3.63, 3.8) is 0 Å². The van der Waals surface area contributed by atoms with E-state index in [4.69, 9.17) is 28.9 Å². The Labute approximate surface area is 242 Å². The highest BCUT2D eigenvalue weighted by atomic mass is 35.5. The van der Waals surface area contributed by atoms with Crippen LogP contribution in [0.3, 0.4) is 0 Å². The van der Waals surface area contributed by atoms with Gasteiger partial charge in [-0.15, -0.1) is 12.4 Å². The zero-order valence-electron chi connectivity index (χ0n) is 22.1. The van der Waals surface area contributed by atoms with Crippen molar-refractivity contribution in [1.82, 2.24) is 15.1 Å². The van der Waals surface area contributed by atoms with Crippen LogP contribution in [0.25, 0.3) is 0 Å². The molecule has 0 aliphatic carbocycles. The Hall–Kier alpha value is -1.83. The van der Waals surface area contributed by atoms with Crippen LogP contribution < -0.4 is 11.1 Å². The van der Waals surface area contributed by atoms with Crippen LogP contribution in [-0.4, -0.2) is 58.9 Å². The number of hydrogen-bond donors (Lipinski definition) is 2. The highest BCUT2D eigenvalue weighted by Gasteiger charge is 2.45. The molecule has 2 saturated heterocycles. The Kier molecular flexibility index (Phi) is 11.3. The molecule has 0 saturated carbocycles. The third kappa shape index (κ3) is 7.86. The van der Waals surface area contributed by atoms with Gasteiger partial charge in [0.25, 0.3) is 0 Å². The van der Waals surface area contributed by atoms with E-state index < -0.39 is 6.04 Å². The van der Waals surface area contributed by atoms with Crippen LogP contribution in [0.4, 0.5) is 0 Å². The quantitative estimate of drug-likeness (QED) is 0.433. The molecule has 2 fully saturated rings. The molecule has 0 radical (unpaired) electrons. The Morgan fingerprint density at radius 1 is 1.11 bits per heavy atom. The van der Waals surface area contributed by atoms with E-state index in [0.29, 0.717) is 36.0 Å². The lowest BCUT2D eigenvalue weighted by Crippen LogP contribution is -2.53. The minimum absolute atomic E-state index is 0. The van der Waals surface area contributed by atoms with Crippen molar-refractivity contribution in [3.8, 4) is 0 Å². The Bertz CT molecular complexity index is 1060. The topological polar surface area (TPSA) is 78.7 Å². The molecule has 2 heterocycles. The van der Waals surface area contributed by atoms with Gasteiger partial charge in [-0.25, -0.2) is 0 Å². The van der Waals surface area contributed by atoms with Crippen molar-refractivity contribution >= 4 is 47.4 Å². The molecule has 2 aliphatic rings. The van der Waals surface area contributed by atoms with Crippen LogP contribution in [0, 0.1) is 5.92 Å². The average molecular weight is 582 g/mol. The summed E-state index contributed by atoms with van der Waals surface area (Å²) >= 11 is 12.3. The molecule has 38 heavy (non-hydrogen) atoms. The zero-order chi connectivity index (χ0) is 26.5. The second-order valence-corrected chi connectivity index (χ2v) is 11.7. The number of rotatable bonds is 9. The molecule has 1 unspecified atom stereocenters. The third-order valence-electron chi connectivity index (χ3n) is 7.48. The fraction of sp³-hybridized carbons (Fsp3) is 0.517. The second-order valence-electron chi connectivity index (χ2n) is 10.8. The van der Waals surface area contributed by atoms with E-state index in [1.54, 1.807) is 18.2 Å². The van der Waals surface area contributed by atoms with Gasteiger partial charge in [-0.3, -0.25) is 14.5 Å². The van der Waals surface area contributed by atoms with Crippen LogP contribution >= 0.6 is 35.6 Å². The molecular formula is C29H39Cl3N4O2. The molecule has 0 bridgehead atoms. The first-order valence-corrected chi connectivity index (χ1v) is 14.0. The predicted molar refractivity (Wildman–Crippen MR) is 157 cm³/mol. The van der Waals surface area contributed by atoms with E-state index >= 15 is 0 Å². The number of fused-ring (bicyclic) bond motifs is 1. The minimum atomic E-state index is -0.534. The summed E-state index contributed by atoms with van der Waals surface area (Å²) in [4.78, 5) is 31.6. The Balaban J connectivity index is 0.00000400. The summed E-state index contributed by atoms with van der Waals surface area (Å²) < 4.78 is 0. The maximum absolute atomic E-state index is 13.9. The largest absolute Gasteiger partial charge is 0.350 e. The normalized spacial score (nSPS) is 22.5. The molecule has 4 atom stereocenters. The molecular weight excluding hydrogens is 543 g/mol. The first kappa shape index (κ1) is 30.7. The van der Waals surface area contributed by atoms with Gasteiger partial charge in [0, 0.05) is 41.8 Å². The SMILES string of the molecule is CC(C)C[C@H](C(=O)NCc1cc(Cl)cc(Cl)c1)N1CCC(CCc2ccccc2)N2C[C@H](N)C[C@H]2C1=O.Cl. The van der Waals surface area contributed by atoms with Crippen LogP contribution in [0.15, 0.2) is 48.5 Å². The molecule has 0 spiro atoms. The van der Waals surface area contributed by atoms with E-state index in [-0.39, 0.29) is 48.3 Å². The smallest absolute Gasteiger partial charge is 0.243 e. The maximum atomic E-state index is 13.9. The maximum Gasteiger partial charge on any atom is 0.243 e. The monoisotopic (exact) mass is 580 g/mol. The second kappa shape index (κ2) is 14.0. The number of carbonyl (C=O) groups excluding carboxylic acids is 2. The van der Waals surface area contributed by atoms with Gasteiger partial charge >= 0.3 is 0 Å². The number of amides is 2. The van der Waals surface area contributed by atoms with Crippen LogP contribution in [0.1, 0.15) is 50.7 Å². The van der Waals surface area contributed by atoms with Crippen molar-refractivity contribution in [2.75, 3.05) is 13.1 Å². The van der Waals surface area contributed by atoms with Gasteiger partial charge in [-0.1, -0.05) is 67.4 Å². The zero-order valence-corrected chi connectivity index (χ0v) is 24.4. The Morgan fingerprint density at radius 2 is 1.79 bits per heavy atom. The molecule has 2 aromatic rings. The van der Waals surface area contributed by atoms with Gasteiger partial charge in [0.05, 0.1) is 6.04 Å². The lowest BCUT2D eigenvalue weighted by molar-refractivity contribution is -0.143. The summed E-state index contributed by atoms with van der Waals surface area (Å²) in [5.41, 5.74) is 8.49. The number of benzene rings is 2. The molecule has 3 N–H and O–H groups in total. The molecule has 2 aromatic carbocycles. The number of hydrogen-bond acceptors (Lipinski definition) is 4. The van der Waals surface area contributed by atoms with Gasteiger partial charge in [-0.05, 0) is 67.3 Å². The number of nitrogens with two attached hydrogens (primary N) is 1. The molecule has 208 valence electrons. The number of halogens is 3. The van der Waals surface area contributed by atoms with Crippen LogP contribution in [0.5, 0.6) is 0 Å². The van der Waals surface area contributed by atoms with E-state index in [1.807, 2.05) is 11.0 Å². The summed E-state index contributed by atoms with van der Waals surface area (Å²) in [5, 5.41) is 4.09.